The normalized spacial score (nSPS) is 10.3. The number of aryl methyl sites for hydroxylation is 1. The van der Waals surface area contributed by atoms with Crippen LogP contribution in [0.25, 0.3) is 11.3 Å². The second kappa shape index (κ2) is 3.23. The summed E-state index contributed by atoms with van der Waals surface area (Å²) in [4.78, 5) is 3.85. The molecular weight excluding hydrogens is 186 g/mol. The van der Waals surface area contributed by atoms with E-state index in [9.17, 15) is 0 Å². The first-order valence-electron chi connectivity index (χ1n) is 3.92. The lowest BCUT2D eigenvalue weighted by Gasteiger charge is -1.99. The van der Waals surface area contributed by atoms with Crippen molar-refractivity contribution in [1.82, 2.24) is 4.98 Å². The van der Waals surface area contributed by atoms with Crippen molar-refractivity contribution >= 4 is 11.6 Å². The van der Waals surface area contributed by atoms with Crippen molar-refractivity contribution in [3.05, 3.63) is 41.4 Å². The highest BCUT2D eigenvalue weighted by molar-refractivity contribution is 6.31. The summed E-state index contributed by atoms with van der Waals surface area (Å²) in [5.41, 5.74) is 2.04. The van der Waals surface area contributed by atoms with Crippen LogP contribution < -0.4 is 0 Å². The largest absolute Gasteiger partial charge is 0.444 e. The minimum atomic E-state index is 0.764. The summed E-state index contributed by atoms with van der Waals surface area (Å²) in [7, 11) is 0. The molecule has 2 aromatic rings. The van der Waals surface area contributed by atoms with E-state index in [4.69, 9.17) is 16.0 Å². The third kappa shape index (κ3) is 1.58. The van der Waals surface area contributed by atoms with Gasteiger partial charge < -0.3 is 4.42 Å². The van der Waals surface area contributed by atoms with Gasteiger partial charge in [-0.2, -0.15) is 0 Å². The van der Waals surface area contributed by atoms with Gasteiger partial charge >= 0.3 is 0 Å². The van der Waals surface area contributed by atoms with Gasteiger partial charge in [0.2, 0.25) is 0 Å². The minimum absolute atomic E-state index is 0.764. The molecule has 0 spiro atoms. The Morgan fingerprint density at radius 1 is 1.38 bits per heavy atom. The highest BCUT2D eigenvalue weighted by Gasteiger charge is 2.02. The predicted molar refractivity (Wildman–Crippen MR) is 51.7 cm³/mol. The summed E-state index contributed by atoms with van der Waals surface area (Å²) < 4.78 is 5.16. The second-order valence-corrected chi connectivity index (χ2v) is 3.24. The average Bonchev–Trinajstić information content (AvgIpc) is 2.62. The Kier molecular flexibility index (Phi) is 2.07. The highest BCUT2D eigenvalue weighted by Crippen LogP contribution is 2.23. The van der Waals surface area contributed by atoms with Crippen LogP contribution in [-0.4, -0.2) is 4.98 Å². The Morgan fingerprint density at radius 3 is 2.85 bits per heavy atom. The molecule has 0 radical (unpaired) electrons. The van der Waals surface area contributed by atoms with E-state index in [1.807, 2.05) is 25.1 Å². The first kappa shape index (κ1) is 8.32. The van der Waals surface area contributed by atoms with Crippen LogP contribution in [0.5, 0.6) is 0 Å². The molecule has 0 N–H and O–H groups in total. The molecule has 66 valence electrons. The topological polar surface area (TPSA) is 26.0 Å². The van der Waals surface area contributed by atoms with Crippen LogP contribution in [0, 0.1) is 6.92 Å². The summed E-state index contributed by atoms with van der Waals surface area (Å²) in [5, 5.41) is 0.767. The fourth-order valence-electron chi connectivity index (χ4n) is 1.16. The minimum Gasteiger partial charge on any atom is -0.444 e. The third-order valence-corrected chi connectivity index (χ3v) is 2.30. The Hall–Kier alpha value is -1.28. The number of hydrogen-bond acceptors (Lipinski definition) is 2. The van der Waals surface area contributed by atoms with Crippen molar-refractivity contribution in [3.63, 3.8) is 0 Å². The van der Waals surface area contributed by atoms with Crippen molar-refractivity contribution in [1.29, 1.82) is 0 Å². The zero-order valence-corrected chi connectivity index (χ0v) is 7.88. The van der Waals surface area contributed by atoms with Gasteiger partial charge in [-0.3, -0.25) is 0 Å². The van der Waals surface area contributed by atoms with Gasteiger partial charge in [-0.15, -0.1) is 0 Å². The van der Waals surface area contributed by atoms with E-state index in [0.717, 1.165) is 21.9 Å². The molecule has 1 aromatic heterocycles. The Bertz CT molecular complexity index is 409. The quantitative estimate of drug-likeness (QED) is 0.695. The van der Waals surface area contributed by atoms with E-state index in [2.05, 4.69) is 4.98 Å². The molecule has 0 fully saturated rings. The van der Waals surface area contributed by atoms with Crippen molar-refractivity contribution in [2.45, 2.75) is 6.92 Å². The molecule has 0 amide bonds. The Balaban J connectivity index is 2.49. The van der Waals surface area contributed by atoms with E-state index in [0.29, 0.717) is 0 Å². The molecule has 0 bridgehead atoms. The van der Waals surface area contributed by atoms with Gasteiger partial charge in [0.15, 0.2) is 12.2 Å². The van der Waals surface area contributed by atoms with Gasteiger partial charge in [0.05, 0.1) is 6.20 Å². The molecule has 0 unspecified atom stereocenters. The van der Waals surface area contributed by atoms with E-state index < -0.39 is 0 Å². The first-order chi connectivity index (χ1) is 6.27. The fourth-order valence-corrected chi connectivity index (χ4v) is 1.27. The predicted octanol–water partition coefficient (Wildman–Crippen LogP) is 3.30. The second-order valence-electron chi connectivity index (χ2n) is 2.83. The monoisotopic (exact) mass is 193 g/mol. The summed E-state index contributed by atoms with van der Waals surface area (Å²) in [6, 6.07) is 5.74. The van der Waals surface area contributed by atoms with Crippen molar-refractivity contribution in [2.24, 2.45) is 0 Å². The van der Waals surface area contributed by atoms with Gasteiger partial charge in [-0.25, -0.2) is 4.98 Å². The molecule has 2 rings (SSSR count). The molecule has 3 heteroatoms. The fraction of sp³-hybridized carbons (Fsp3) is 0.100. The SMILES string of the molecule is Cc1cc(-c2cnco2)ccc1Cl. The summed E-state index contributed by atoms with van der Waals surface area (Å²) in [6.07, 6.45) is 3.10. The van der Waals surface area contributed by atoms with Gasteiger partial charge in [-0.1, -0.05) is 11.6 Å². The first-order valence-corrected chi connectivity index (χ1v) is 4.30. The maximum absolute atomic E-state index is 5.90. The van der Waals surface area contributed by atoms with E-state index in [1.54, 1.807) is 6.20 Å². The lowest BCUT2D eigenvalue weighted by atomic mass is 10.1. The maximum Gasteiger partial charge on any atom is 0.181 e. The molecule has 0 saturated heterocycles. The average molecular weight is 194 g/mol. The van der Waals surface area contributed by atoms with Gasteiger partial charge in [0, 0.05) is 10.6 Å². The lowest BCUT2D eigenvalue weighted by Crippen LogP contribution is -1.78. The number of oxazole rings is 1. The third-order valence-electron chi connectivity index (χ3n) is 1.87. The van der Waals surface area contributed by atoms with E-state index in [1.165, 1.54) is 6.39 Å². The number of nitrogens with zero attached hydrogens (tertiary/aromatic N) is 1. The summed E-state index contributed by atoms with van der Waals surface area (Å²) >= 11 is 5.90. The van der Waals surface area contributed by atoms with Crippen molar-refractivity contribution < 1.29 is 4.42 Å². The Morgan fingerprint density at radius 2 is 2.23 bits per heavy atom. The molecule has 0 aliphatic carbocycles. The lowest BCUT2D eigenvalue weighted by molar-refractivity contribution is 0.572. The molecule has 0 aliphatic rings. The maximum atomic E-state index is 5.90. The molecule has 0 saturated carbocycles. The number of rotatable bonds is 1. The van der Waals surface area contributed by atoms with Gasteiger partial charge in [0.1, 0.15) is 0 Å². The summed E-state index contributed by atoms with van der Waals surface area (Å²) in [6.45, 7) is 1.96. The van der Waals surface area contributed by atoms with Crippen molar-refractivity contribution in [2.75, 3.05) is 0 Å². The molecular formula is C10H8ClNO. The summed E-state index contributed by atoms with van der Waals surface area (Å²) in [5.74, 6) is 0.764. The zero-order chi connectivity index (χ0) is 9.26. The number of halogens is 1. The van der Waals surface area contributed by atoms with Crippen LogP contribution in [-0.2, 0) is 0 Å². The smallest absolute Gasteiger partial charge is 0.181 e. The van der Waals surface area contributed by atoms with Crippen LogP contribution in [0.3, 0.4) is 0 Å². The highest BCUT2D eigenvalue weighted by atomic mass is 35.5. The van der Waals surface area contributed by atoms with E-state index >= 15 is 0 Å². The van der Waals surface area contributed by atoms with Gasteiger partial charge in [0.25, 0.3) is 0 Å². The molecule has 2 nitrogen and oxygen atoms in total. The van der Waals surface area contributed by atoms with Crippen LogP contribution >= 0.6 is 11.6 Å². The molecule has 0 aliphatic heterocycles. The number of aromatic nitrogens is 1. The molecule has 0 atom stereocenters. The number of benzene rings is 1. The standard InChI is InChI=1S/C10H8ClNO/c1-7-4-8(2-3-9(7)11)10-5-12-6-13-10/h2-6H,1H3. The number of hydrogen-bond donors (Lipinski definition) is 0. The Labute approximate surface area is 81.2 Å². The van der Waals surface area contributed by atoms with Crippen LogP contribution in [0.2, 0.25) is 5.02 Å². The van der Waals surface area contributed by atoms with Crippen molar-refractivity contribution in [3.8, 4) is 11.3 Å². The molecule has 1 aromatic carbocycles. The molecule has 1 heterocycles. The van der Waals surface area contributed by atoms with Crippen LogP contribution in [0.1, 0.15) is 5.56 Å². The van der Waals surface area contributed by atoms with Crippen LogP contribution in [0.4, 0.5) is 0 Å². The zero-order valence-electron chi connectivity index (χ0n) is 7.12. The van der Waals surface area contributed by atoms with Crippen LogP contribution in [0.15, 0.2) is 35.2 Å². The van der Waals surface area contributed by atoms with E-state index in [-0.39, 0.29) is 0 Å². The van der Waals surface area contributed by atoms with Gasteiger partial charge in [-0.05, 0) is 30.7 Å². The molecule has 13 heavy (non-hydrogen) atoms.